The number of nitrogens with zero attached hydrogens (tertiary/aromatic N) is 1. The molecule has 0 atom stereocenters. The van der Waals surface area contributed by atoms with E-state index in [-0.39, 0.29) is 11.5 Å². The number of hydrogen-bond acceptors (Lipinski definition) is 3. The highest BCUT2D eigenvalue weighted by molar-refractivity contribution is 6.14. The minimum atomic E-state index is -0.330. The van der Waals surface area contributed by atoms with Crippen molar-refractivity contribution >= 4 is 12.1 Å². The summed E-state index contributed by atoms with van der Waals surface area (Å²) < 4.78 is 0.807. The van der Waals surface area contributed by atoms with Crippen molar-refractivity contribution in [3.8, 4) is 11.1 Å². The van der Waals surface area contributed by atoms with E-state index in [1.165, 1.54) is 0 Å². The molecule has 3 rings (SSSR count). The molecule has 4 nitrogen and oxygen atoms in total. The fourth-order valence-electron chi connectivity index (χ4n) is 2.67. The molecule has 0 spiro atoms. The third-order valence-electron chi connectivity index (χ3n) is 3.86. The van der Waals surface area contributed by atoms with Gasteiger partial charge in [0, 0.05) is 16.7 Å². The first-order chi connectivity index (χ1) is 11.1. The van der Waals surface area contributed by atoms with Gasteiger partial charge >= 0.3 is 0 Å². The van der Waals surface area contributed by atoms with Gasteiger partial charge in [-0.1, -0.05) is 60.7 Å². The molecule has 0 bridgehead atoms. The number of benzene rings is 2. The molecule has 0 unspecified atom stereocenters. The van der Waals surface area contributed by atoms with Crippen molar-refractivity contribution < 1.29 is 14.8 Å². The monoisotopic (exact) mass is 305 g/mol. The largest absolute Gasteiger partial charge is 0.428 e. The Balaban J connectivity index is 2.29. The van der Waals surface area contributed by atoms with Gasteiger partial charge in [0.25, 0.3) is 0 Å². The normalized spacial score (nSPS) is 10.5. The Morgan fingerprint density at radius 2 is 1.57 bits per heavy atom. The van der Waals surface area contributed by atoms with Crippen molar-refractivity contribution in [1.82, 2.24) is 4.73 Å². The van der Waals surface area contributed by atoms with Crippen LogP contribution in [0.2, 0.25) is 0 Å². The molecule has 23 heavy (non-hydrogen) atoms. The van der Waals surface area contributed by atoms with E-state index in [1.54, 1.807) is 31.2 Å². The van der Waals surface area contributed by atoms with Gasteiger partial charge in [-0.05, 0) is 12.5 Å². The molecule has 114 valence electrons. The average Bonchev–Trinajstić information content (AvgIpc) is 2.87. The van der Waals surface area contributed by atoms with Crippen LogP contribution in [0.1, 0.15) is 32.1 Å². The molecule has 0 aliphatic rings. The first kappa shape index (κ1) is 14.8. The standard InChI is InChI=1S/C19H15NO3/c1-13-16(12-21)17(14-8-4-2-5-9-14)18(20(13)23)19(22)15-10-6-3-7-11-15/h2-12,23H,1H3. The van der Waals surface area contributed by atoms with Gasteiger partial charge in [0.15, 0.2) is 6.29 Å². The first-order valence-corrected chi connectivity index (χ1v) is 7.20. The van der Waals surface area contributed by atoms with Crippen LogP contribution in [0.5, 0.6) is 0 Å². The lowest BCUT2D eigenvalue weighted by Gasteiger charge is -2.07. The summed E-state index contributed by atoms with van der Waals surface area (Å²) >= 11 is 0. The van der Waals surface area contributed by atoms with Gasteiger partial charge in [-0.15, -0.1) is 0 Å². The molecule has 0 aliphatic carbocycles. The van der Waals surface area contributed by atoms with Crippen LogP contribution in [0.15, 0.2) is 60.7 Å². The second-order valence-corrected chi connectivity index (χ2v) is 5.21. The minimum absolute atomic E-state index is 0.0991. The highest BCUT2D eigenvalue weighted by Crippen LogP contribution is 2.32. The number of carbonyl (C=O) groups excluding carboxylic acids is 2. The van der Waals surface area contributed by atoms with Gasteiger partial charge in [0.05, 0.1) is 5.69 Å². The zero-order valence-electron chi connectivity index (χ0n) is 12.6. The van der Waals surface area contributed by atoms with Crippen molar-refractivity contribution in [2.45, 2.75) is 6.92 Å². The molecule has 1 aromatic heterocycles. The van der Waals surface area contributed by atoms with Crippen LogP contribution < -0.4 is 0 Å². The Morgan fingerprint density at radius 3 is 2.13 bits per heavy atom. The Bertz CT molecular complexity index is 865. The molecule has 1 N–H and O–H groups in total. The summed E-state index contributed by atoms with van der Waals surface area (Å²) in [7, 11) is 0. The zero-order valence-corrected chi connectivity index (χ0v) is 12.6. The van der Waals surface area contributed by atoms with Crippen molar-refractivity contribution in [2.24, 2.45) is 0 Å². The van der Waals surface area contributed by atoms with Gasteiger partial charge in [-0.25, -0.2) is 0 Å². The van der Waals surface area contributed by atoms with E-state index in [9.17, 15) is 14.8 Å². The lowest BCUT2D eigenvalue weighted by Crippen LogP contribution is -2.10. The number of rotatable bonds is 4. The van der Waals surface area contributed by atoms with Gasteiger partial charge in [-0.2, -0.15) is 4.73 Å². The number of hydrogen-bond donors (Lipinski definition) is 1. The summed E-state index contributed by atoms with van der Waals surface area (Å²) in [5.41, 5.74) is 2.38. The summed E-state index contributed by atoms with van der Waals surface area (Å²) in [5.74, 6) is -0.330. The third-order valence-corrected chi connectivity index (χ3v) is 3.86. The van der Waals surface area contributed by atoms with Crippen molar-refractivity contribution in [1.29, 1.82) is 0 Å². The molecule has 0 aliphatic heterocycles. The predicted molar refractivity (Wildman–Crippen MR) is 87.1 cm³/mol. The van der Waals surface area contributed by atoms with Crippen molar-refractivity contribution in [3.63, 3.8) is 0 Å². The lowest BCUT2D eigenvalue weighted by atomic mass is 9.97. The fraction of sp³-hybridized carbons (Fsp3) is 0.0526. The molecule has 1 heterocycles. The zero-order chi connectivity index (χ0) is 16.4. The predicted octanol–water partition coefficient (Wildman–Crippen LogP) is 3.74. The molecule has 0 saturated carbocycles. The third kappa shape index (κ3) is 2.44. The van der Waals surface area contributed by atoms with E-state index in [2.05, 4.69) is 0 Å². The summed E-state index contributed by atoms with van der Waals surface area (Å²) in [4.78, 5) is 24.4. The smallest absolute Gasteiger partial charge is 0.213 e. The number of aldehydes is 1. The minimum Gasteiger partial charge on any atom is -0.428 e. The van der Waals surface area contributed by atoms with E-state index in [0.29, 0.717) is 34.2 Å². The quantitative estimate of drug-likeness (QED) is 0.454. The molecule has 0 radical (unpaired) electrons. The second-order valence-electron chi connectivity index (χ2n) is 5.21. The van der Waals surface area contributed by atoms with Crippen LogP contribution in [-0.2, 0) is 0 Å². The number of aromatic nitrogens is 1. The highest BCUT2D eigenvalue weighted by Gasteiger charge is 2.26. The molecule has 4 heteroatoms. The average molecular weight is 305 g/mol. The van der Waals surface area contributed by atoms with E-state index in [1.807, 2.05) is 36.4 Å². The van der Waals surface area contributed by atoms with Crippen LogP contribution in [0.25, 0.3) is 11.1 Å². The van der Waals surface area contributed by atoms with Crippen molar-refractivity contribution in [3.05, 3.63) is 83.2 Å². The Morgan fingerprint density at radius 1 is 1.00 bits per heavy atom. The Hall–Kier alpha value is -3.14. The SMILES string of the molecule is Cc1c(C=O)c(-c2ccccc2)c(C(=O)c2ccccc2)n1O. The first-order valence-electron chi connectivity index (χ1n) is 7.20. The maximum atomic E-state index is 12.8. The van der Waals surface area contributed by atoms with Crippen molar-refractivity contribution in [2.75, 3.05) is 0 Å². The maximum Gasteiger partial charge on any atom is 0.213 e. The van der Waals surface area contributed by atoms with E-state index in [4.69, 9.17) is 0 Å². The van der Waals surface area contributed by atoms with E-state index < -0.39 is 0 Å². The molecule has 0 amide bonds. The van der Waals surface area contributed by atoms with Crippen LogP contribution in [0.4, 0.5) is 0 Å². The van der Waals surface area contributed by atoms with Gasteiger partial charge in [0.2, 0.25) is 5.78 Å². The topological polar surface area (TPSA) is 59.3 Å². The lowest BCUT2D eigenvalue weighted by molar-refractivity contribution is 0.0980. The molecular formula is C19H15NO3. The number of ketones is 1. The second kappa shape index (κ2) is 5.93. The summed E-state index contributed by atoms with van der Waals surface area (Å²) in [6.45, 7) is 1.61. The highest BCUT2D eigenvalue weighted by atomic mass is 16.5. The van der Waals surface area contributed by atoms with Gasteiger partial charge in [-0.3, -0.25) is 9.59 Å². The Labute approximate surface area is 133 Å². The molecule has 0 saturated heterocycles. The van der Waals surface area contributed by atoms with Gasteiger partial charge < -0.3 is 5.21 Å². The molecular weight excluding hydrogens is 290 g/mol. The molecule has 0 fully saturated rings. The molecule has 3 aromatic rings. The van der Waals surface area contributed by atoms with E-state index in [0.717, 1.165) is 4.73 Å². The summed E-state index contributed by atoms with van der Waals surface area (Å²) in [5, 5.41) is 10.4. The van der Waals surface area contributed by atoms with Crippen LogP contribution >= 0.6 is 0 Å². The van der Waals surface area contributed by atoms with Gasteiger partial charge in [0.1, 0.15) is 5.69 Å². The van der Waals surface area contributed by atoms with Crippen LogP contribution in [0.3, 0.4) is 0 Å². The number of carbonyl (C=O) groups is 2. The summed E-state index contributed by atoms with van der Waals surface area (Å²) in [6.07, 6.45) is 0.673. The van der Waals surface area contributed by atoms with E-state index >= 15 is 0 Å². The summed E-state index contributed by atoms with van der Waals surface area (Å²) in [6, 6.07) is 17.8. The Kier molecular flexibility index (Phi) is 3.81. The fourth-order valence-corrected chi connectivity index (χ4v) is 2.67. The van der Waals surface area contributed by atoms with Crippen LogP contribution in [0, 0.1) is 6.92 Å². The van der Waals surface area contributed by atoms with Crippen LogP contribution in [-0.4, -0.2) is 22.0 Å². The molecule has 2 aromatic carbocycles. The maximum absolute atomic E-state index is 12.8.